The lowest BCUT2D eigenvalue weighted by Crippen LogP contribution is -2.31. The van der Waals surface area contributed by atoms with Crippen molar-refractivity contribution in [2.45, 2.75) is 0 Å². The monoisotopic (exact) mass is 104 g/mol. The van der Waals surface area contributed by atoms with Gasteiger partial charge in [0, 0.05) is 13.3 Å². The summed E-state index contributed by atoms with van der Waals surface area (Å²) in [5, 5.41) is 13.4. The summed E-state index contributed by atoms with van der Waals surface area (Å²) in [5.74, 6) is 0. The third kappa shape index (κ3) is 5.84. The normalized spacial score (nSPS) is 10.3. The largest absolute Gasteiger partial charge is 0.784 e. The minimum Gasteiger partial charge on any atom is -0.784 e. The molecule has 7 heavy (non-hydrogen) atoms. The topological polar surface area (TPSA) is 64.3 Å². The third-order valence-corrected chi connectivity index (χ3v) is 0.479. The van der Waals surface area contributed by atoms with Gasteiger partial charge in [-0.25, -0.2) is 0 Å². The molecule has 0 aliphatic rings. The Morgan fingerprint density at radius 3 is 2.57 bits per heavy atom. The van der Waals surface area contributed by atoms with Crippen molar-refractivity contribution >= 4 is 0 Å². The molecule has 0 aromatic carbocycles. The van der Waals surface area contributed by atoms with Crippen molar-refractivity contribution in [3.8, 4) is 0 Å². The van der Waals surface area contributed by atoms with Crippen LogP contribution in [0.1, 0.15) is 0 Å². The SMILES string of the molecule is CN([O-])CNCN. The van der Waals surface area contributed by atoms with Gasteiger partial charge in [0.25, 0.3) is 0 Å². The van der Waals surface area contributed by atoms with E-state index in [1.165, 1.54) is 7.05 Å². The maximum absolute atomic E-state index is 10.0. The van der Waals surface area contributed by atoms with Gasteiger partial charge >= 0.3 is 0 Å². The van der Waals surface area contributed by atoms with Crippen molar-refractivity contribution < 1.29 is 0 Å². The van der Waals surface area contributed by atoms with E-state index in [4.69, 9.17) is 5.73 Å². The molecule has 0 saturated heterocycles. The first-order chi connectivity index (χ1) is 3.27. The second kappa shape index (κ2) is 4.01. The van der Waals surface area contributed by atoms with Crippen LogP contribution >= 0.6 is 0 Å². The second-order valence-electron chi connectivity index (χ2n) is 1.24. The number of nitrogens with zero attached hydrogens (tertiary/aromatic N) is 1. The highest BCUT2D eigenvalue weighted by molar-refractivity contribution is 4.43. The van der Waals surface area contributed by atoms with Crippen LogP contribution in [0.5, 0.6) is 0 Å². The van der Waals surface area contributed by atoms with Gasteiger partial charge in [0.05, 0.1) is 0 Å². The number of hydrogen-bond donors (Lipinski definition) is 2. The van der Waals surface area contributed by atoms with E-state index < -0.39 is 0 Å². The first kappa shape index (κ1) is 6.84. The molecule has 3 N–H and O–H groups in total. The minimum absolute atomic E-state index is 0.302. The standard InChI is InChI=1S/C3H10N3O/c1-6(7)3-5-2-4/h5H,2-4H2,1H3/q-1. The zero-order chi connectivity index (χ0) is 5.70. The van der Waals surface area contributed by atoms with Crippen molar-refractivity contribution in [1.29, 1.82) is 0 Å². The molecule has 0 aliphatic heterocycles. The fourth-order valence-electron chi connectivity index (χ4n) is 0.222. The van der Waals surface area contributed by atoms with E-state index in [1.54, 1.807) is 0 Å². The Morgan fingerprint density at radius 1 is 1.86 bits per heavy atom. The Morgan fingerprint density at radius 2 is 2.43 bits per heavy atom. The molecule has 0 fully saturated rings. The van der Waals surface area contributed by atoms with Crippen molar-refractivity contribution in [2.24, 2.45) is 5.73 Å². The van der Waals surface area contributed by atoms with Crippen LogP contribution < -0.4 is 11.1 Å². The summed E-state index contributed by atoms with van der Waals surface area (Å²) in [6, 6.07) is 0. The van der Waals surface area contributed by atoms with Crippen molar-refractivity contribution in [2.75, 3.05) is 20.4 Å². The van der Waals surface area contributed by atoms with E-state index in [0.29, 0.717) is 13.3 Å². The van der Waals surface area contributed by atoms with Gasteiger partial charge in [0.1, 0.15) is 0 Å². The molecule has 0 rings (SSSR count). The number of nitrogens with two attached hydrogens (primary N) is 1. The summed E-state index contributed by atoms with van der Waals surface area (Å²) in [5.41, 5.74) is 5.00. The van der Waals surface area contributed by atoms with Crippen molar-refractivity contribution in [3.63, 3.8) is 0 Å². The lowest BCUT2D eigenvalue weighted by Gasteiger charge is -2.21. The molecule has 0 aliphatic carbocycles. The molecule has 4 nitrogen and oxygen atoms in total. The lowest BCUT2D eigenvalue weighted by atomic mass is 10.9. The van der Waals surface area contributed by atoms with E-state index in [1.807, 2.05) is 0 Å². The molecule has 0 radical (unpaired) electrons. The van der Waals surface area contributed by atoms with Crippen LogP contribution in [0.25, 0.3) is 0 Å². The van der Waals surface area contributed by atoms with Gasteiger partial charge in [-0.15, -0.1) is 0 Å². The van der Waals surface area contributed by atoms with E-state index in [-0.39, 0.29) is 0 Å². The summed E-state index contributed by atoms with van der Waals surface area (Å²) in [6.07, 6.45) is 0. The molecule has 0 aromatic rings. The summed E-state index contributed by atoms with van der Waals surface area (Å²) in [6.45, 7) is 0.656. The molecular formula is C3H10N3O-. The molecule has 0 heterocycles. The average molecular weight is 104 g/mol. The van der Waals surface area contributed by atoms with Crippen molar-refractivity contribution in [1.82, 2.24) is 10.4 Å². The molecule has 44 valence electrons. The predicted molar refractivity (Wildman–Crippen MR) is 28.2 cm³/mol. The van der Waals surface area contributed by atoms with Crippen molar-refractivity contribution in [3.05, 3.63) is 5.21 Å². The molecule has 0 spiro atoms. The van der Waals surface area contributed by atoms with Crippen LogP contribution in [0.4, 0.5) is 0 Å². The maximum Gasteiger partial charge on any atom is 0.0439 e. The Hall–Kier alpha value is -0.160. The van der Waals surface area contributed by atoms with Gasteiger partial charge in [0.2, 0.25) is 0 Å². The Kier molecular flexibility index (Phi) is 3.92. The number of nitrogens with one attached hydrogen (secondary N) is 1. The fourth-order valence-corrected chi connectivity index (χ4v) is 0.222. The van der Waals surface area contributed by atoms with Gasteiger partial charge in [-0.3, -0.25) is 5.32 Å². The summed E-state index contributed by atoms with van der Waals surface area (Å²) < 4.78 is 0. The van der Waals surface area contributed by atoms with E-state index in [0.717, 1.165) is 5.06 Å². The van der Waals surface area contributed by atoms with Gasteiger partial charge in [-0.1, -0.05) is 0 Å². The van der Waals surface area contributed by atoms with E-state index in [9.17, 15) is 5.21 Å². The molecule has 0 bridgehead atoms. The Bertz CT molecular complexity index is 39.2. The minimum atomic E-state index is 0.302. The van der Waals surface area contributed by atoms with Gasteiger partial charge < -0.3 is 16.0 Å². The predicted octanol–water partition coefficient (Wildman–Crippen LogP) is -1.12. The lowest BCUT2D eigenvalue weighted by molar-refractivity contribution is 0.413. The summed E-state index contributed by atoms with van der Waals surface area (Å²) in [7, 11) is 1.43. The number of hydrogen-bond acceptors (Lipinski definition) is 4. The average Bonchev–Trinajstić information content (AvgIpc) is 1.61. The number of rotatable bonds is 3. The van der Waals surface area contributed by atoms with Crippen LogP contribution in [0.3, 0.4) is 0 Å². The van der Waals surface area contributed by atoms with Gasteiger partial charge in [-0.05, 0) is 7.05 Å². The zero-order valence-corrected chi connectivity index (χ0v) is 4.35. The first-order valence-corrected chi connectivity index (χ1v) is 2.06. The molecule has 4 heteroatoms. The molecule has 0 saturated carbocycles. The van der Waals surface area contributed by atoms with Crippen LogP contribution in [0, 0.1) is 5.21 Å². The smallest absolute Gasteiger partial charge is 0.0439 e. The highest BCUT2D eigenvalue weighted by atomic mass is 16.5. The molecular weight excluding hydrogens is 94.1 g/mol. The summed E-state index contributed by atoms with van der Waals surface area (Å²) in [4.78, 5) is 0. The molecule has 0 unspecified atom stereocenters. The highest BCUT2D eigenvalue weighted by Gasteiger charge is 1.74. The van der Waals surface area contributed by atoms with Crippen LogP contribution in [0.2, 0.25) is 0 Å². The maximum atomic E-state index is 10.0. The Labute approximate surface area is 42.9 Å². The first-order valence-electron chi connectivity index (χ1n) is 2.06. The Balaban J connectivity index is 2.68. The summed E-state index contributed by atoms with van der Waals surface area (Å²) >= 11 is 0. The van der Waals surface area contributed by atoms with Gasteiger partial charge in [0.15, 0.2) is 0 Å². The van der Waals surface area contributed by atoms with E-state index >= 15 is 0 Å². The number of hydroxylamine groups is 2. The van der Waals surface area contributed by atoms with E-state index in [2.05, 4.69) is 5.32 Å². The van der Waals surface area contributed by atoms with Crippen LogP contribution in [0.15, 0.2) is 0 Å². The second-order valence-corrected chi connectivity index (χ2v) is 1.24. The zero-order valence-electron chi connectivity index (χ0n) is 4.35. The van der Waals surface area contributed by atoms with Gasteiger partial charge in [-0.2, -0.15) is 0 Å². The molecule has 0 aromatic heterocycles. The van der Waals surface area contributed by atoms with Crippen LogP contribution in [-0.4, -0.2) is 25.4 Å². The fraction of sp³-hybridized carbons (Fsp3) is 1.00. The highest BCUT2D eigenvalue weighted by Crippen LogP contribution is 1.65. The third-order valence-electron chi connectivity index (χ3n) is 0.479. The molecule has 0 amide bonds. The molecule has 0 atom stereocenters. The van der Waals surface area contributed by atoms with Crippen LogP contribution in [-0.2, 0) is 0 Å². The quantitative estimate of drug-likeness (QED) is 0.351.